The number of hydrogen-bond acceptors (Lipinski definition) is 4. The Morgan fingerprint density at radius 2 is 0.915 bits per heavy atom. The van der Waals surface area contributed by atoms with E-state index in [1.54, 1.807) is 24.3 Å². The molecule has 0 aromatic heterocycles. The summed E-state index contributed by atoms with van der Waals surface area (Å²) in [5.74, 6) is 1.08. The maximum Gasteiger partial charge on any atom is 0.530 e. The summed E-state index contributed by atoms with van der Waals surface area (Å²) in [5.41, 5.74) is 3.55. The van der Waals surface area contributed by atoms with Crippen molar-refractivity contribution in [3.05, 3.63) is 191 Å². The molecule has 1 unspecified atom stereocenters. The number of para-hydroxylation sites is 2. The van der Waals surface area contributed by atoms with Gasteiger partial charge in [-0.3, -0.25) is 0 Å². The molecule has 0 bridgehead atoms. The maximum atomic E-state index is 15.2. The van der Waals surface area contributed by atoms with Crippen molar-refractivity contribution in [2.45, 2.75) is 33.9 Å². The summed E-state index contributed by atoms with van der Waals surface area (Å²) in [6, 6.07) is 46.7. The topological polar surface area (TPSA) is 36.9 Å². The second-order valence-corrected chi connectivity index (χ2v) is 17.0. The third-order valence-electron chi connectivity index (χ3n) is 9.94. The van der Waals surface area contributed by atoms with Gasteiger partial charge in [-0.05, 0) is 114 Å². The van der Waals surface area contributed by atoms with E-state index >= 15 is 4.39 Å². The first kappa shape index (κ1) is 39.9. The highest BCUT2D eigenvalue weighted by molar-refractivity contribution is 7.68. The van der Waals surface area contributed by atoms with E-state index in [-0.39, 0.29) is 5.30 Å². The van der Waals surface area contributed by atoms with E-state index in [1.807, 2.05) is 143 Å². The monoisotopic (exact) mass is 828 g/mol. The zero-order valence-electron chi connectivity index (χ0n) is 32.6. The fourth-order valence-electron chi connectivity index (χ4n) is 7.04. The molecule has 59 heavy (non-hydrogen) atoms. The second kappa shape index (κ2) is 16.7. The molecule has 1 atom stereocenters. The van der Waals surface area contributed by atoms with E-state index < -0.39 is 34.3 Å². The first-order valence-electron chi connectivity index (χ1n) is 18.9. The second-order valence-electron chi connectivity index (χ2n) is 14.2. The smallest absolute Gasteiger partial charge is 0.464 e. The molecule has 0 aliphatic carbocycles. The SMILES string of the molecule is Cc1ccccc1OP(Oc1ccccc1C)Oc1c(C)cc2ccccc2c1-c1c(OP(c2ccccc2)c2cc(F)cc(C(F)(F)F)c2)c(C)cc2ccccc12. The molecular formula is C49H38F4O4P2. The van der Waals surface area contributed by atoms with Crippen molar-refractivity contribution < 1.29 is 35.7 Å². The molecule has 0 saturated carbocycles. The number of halogens is 4. The van der Waals surface area contributed by atoms with Gasteiger partial charge in [-0.2, -0.15) is 13.2 Å². The average molecular weight is 829 g/mol. The van der Waals surface area contributed by atoms with Crippen LogP contribution in [0.4, 0.5) is 17.6 Å². The molecule has 8 rings (SSSR count). The van der Waals surface area contributed by atoms with Gasteiger partial charge in [0, 0.05) is 21.7 Å². The summed E-state index contributed by atoms with van der Waals surface area (Å²) < 4.78 is 85.1. The Hall–Kier alpha value is -5.94. The van der Waals surface area contributed by atoms with Gasteiger partial charge in [-0.15, -0.1) is 0 Å². The molecule has 0 aliphatic rings. The van der Waals surface area contributed by atoms with E-state index in [9.17, 15) is 13.2 Å². The molecule has 0 heterocycles. The van der Waals surface area contributed by atoms with Crippen molar-refractivity contribution in [1.82, 2.24) is 0 Å². The number of benzene rings is 8. The van der Waals surface area contributed by atoms with Gasteiger partial charge in [0.15, 0.2) is 8.15 Å². The fourth-order valence-corrected chi connectivity index (χ4v) is 10.1. The van der Waals surface area contributed by atoms with Crippen LogP contribution in [-0.2, 0) is 6.18 Å². The quantitative estimate of drug-likeness (QED) is 0.0961. The van der Waals surface area contributed by atoms with Crippen molar-refractivity contribution in [1.29, 1.82) is 0 Å². The average Bonchev–Trinajstić information content (AvgIpc) is 3.22. The molecule has 4 nitrogen and oxygen atoms in total. The molecule has 0 radical (unpaired) electrons. The largest absolute Gasteiger partial charge is 0.530 e. The summed E-state index contributed by atoms with van der Waals surface area (Å²) in [7, 11) is -4.22. The van der Waals surface area contributed by atoms with Crippen LogP contribution in [0.1, 0.15) is 27.8 Å². The summed E-state index contributed by atoms with van der Waals surface area (Å²) in [6.07, 6.45) is -4.77. The predicted molar refractivity (Wildman–Crippen MR) is 232 cm³/mol. The van der Waals surface area contributed by atoms with Crippen LogP contribution in [0.2, 0.25) is 0 Å². The van der Waals surface area contributed by atoms with Crippen molar-refractivity contribution in [2.75, 3.05) is 0 Å². The van der Waals surface area contributed by atoms with Gasteiger partial charge >= 0.3 is 14.8 Å². The Balaban J connectivity index is 1.38. The first-order chi connectivity index (χ1) is 28.4. The van der Waals surface area contributed by atoms with Crippen molar-refractivity contribution >= 4 is 48.9 Å². The zero-order chi connectivity index (χ0) is 41.3. The summed E-state index contributed by atoms with van der Waals surface area (Å²) in [4.78, 5) is 0. The minimum Gasteiger partial charge on any atom is -0.464 e. The summed E-state index contributed by atoms with van der Waals surface area (Å²) in [6.45, 7) is 7.77. The maximum absolute atomic E-state index is 15.2. The molecule has 0 N–H and O–H groups in total. The van der Waals surface area contributed by atoms with Crippen LogP contribution in [0, 0.1) is 33.5 Å². The normalized spacial score (nSPS) is 12.2. The fraction of sp³-hybridized carbons (Fsp3) is 0.102. The van der Waals surface area contributed by atoms with E-state index in [1.165, 1.54) is 0 Å². The van der Waals surface area contributed by atoms with Gasteiger partial charge < -0.3 is 18.1 Å². The number of alkyl halides is 3. The number of aryl methyl sites for hydroxylation is 4. The lowest BCUT2D eigenvalue weighted by Gasteiger charge is -2.27. The Morgan fingerprint density at radius 3 is 1.44 bits per heavy atom. The molecule has 296 valence electrons. The van der Waals surface area contributed by atoms with Crippen LogP contribution in [0.25, 0.3) is 32.7 Å². The van der Waals surface area contributed by atoms with Crippen LogP contribution in [0.3, 0.4) is 0 Å². The minimum atomic E-state index is -4.77. The third-order valence-corrected chi connectivity index (χ3v) is 12.8. The molecule has 0 aliphatic heterocycles. The van der Waals surface area contributed by atoms with Crippen LogP contribution >= 0.6 is 16.8 Å². The molecule has 0 spiro atoms. The lowest BCUT2D eigenvalue weighted by Crippen LogP contribution is -2.19. The molecular weight excluding hydrogens is 790 g/mol. The van der Waals surface area contributed by atoms with E-state index in [0.717, 1.165) is 55.9 Å². The Morgan fingerprint density at radius 1 is 0.441 bits per heavy atom. The lowest BCUT2D eigenvalue weighted by atomic mass is 9.89. The number of rotatable bonds is 11. The summed E-state index contributed by atoms with van der Waals surface area (Å²) >= 11 is 0. The Bertz CT molecular complexity index is 2760. The molecule has 8 aromatic rings. The highest BCUT2D eigenvalue weighted by Crippen LogP contribution is 2.55. The van der Waals surface area contributed by atoms with Crippen LogP contribution < -0.4 is 28.7 Å². The van der Waals surface area contributed by atoms with Gasteiger partial charge in [0.05, 0.1) is 5.56 Å². The first-order valence-corrected chi connectivity index (χ1v) is 21.2. The van der Waals surface area contributed by atoms with Crippen LogP contribution in [-0.4, -0.2) is 0 Å². The van der Waals surface area contributed by atoms with Gasteiger partial charge in [-0.25, -0.2) is 4.39 Å². The lowest BCUT2D eigenvalue weighted by molar-refractivity contribution is -0.137. The van der Waals surface area contributed by atoms with Gasteiger partial charge in [-0.1, -0.05) is 115 Å². The minimum absolute atomic E-state index is 0.0735. The van der Waals surface area contributed by atoms with Crippen molar-refractivity contribution in [2.24, 2.45) is 0 Å². The summed E-state index contributed by atoms with van der Waals surface area (Å²) in [5, 5.41) is 4.17. The van der Waals surface area contributed by atoms with E-state index in [2.05, 4.69) is 0 Å². The van der Waals surface area contributed by atoms with Crippen LogP contribution in [0.15, 0.2) is 158 Å². The Labute approximate surface area is 342 Å². The van der Waals surface area contributed by atoms with Gasteiger partial charge in [0.2, 0.25) is 0 Å². The van der Waals surface area contributed by atoms with Gasteiger partial charge in [0.1, 0.15) is 28.8 Å². The van der Waals surface area contributed by atoms with Gasteiger partial charge in [0.25, 0.3) is 0 Å². The highest BCUT2D eigenvalue weighted by Gasteiger charge is 2.34. The number of fused-ring (bicyclic) bond motifs is 2. The highest BCUT2D eigenvalue weighted by atomic mass is 31.2. The van der Waals surface area contributed by atoms with Crippen molar-refractivity contribution in [3.63, 3.8) is 0 Å². The molecule has 8 aromatic carbocycles. The van der Waals surface area contributed by atoms with E-state index in [4.69, 9.17) is 18.1 Å². The zero-order valence-corrected chi connectivity index (χ0v) is 34.3. The predicted octanol–water partition coefficient (Wildman–Crippen LogP) is 14.2. The standard InChI is InChI=1S/C49H38F4O4P2/c1-31-16-8-14-24-43(31)54-59(55-44-25-15-9-17-32(44)2)57-48-34(4)27-36-19-11-13-23-42(36)46(48)45-41-22-12-10-18-35(41)26-33(3)47(45)56-58(39-20-6-5-7-21-39)40-29-37(49(51,52)53)28-38(50)30-40/h5-30H,1-4H3. The van der Waals surface area contributed by atoms with Crippen LogP contribution in [0.5, 0.6) is 23.0 Å². The molecule has 0 amide bonds. The van der Waals surface area contributed by atoms with E-state index in [0.29, 0.717) is 45.5 Å². The number of hydrogen-bond donors (Lipinski definition) is 0. The molecule has 0 fully saturated rings. The van der Waals surface area contributed by atoms with Crippen molar-refractivity contribution in [3.8, 4) is 34.1 Å². The third kappa shape index (κ3) is 8.48. The Kier molecular flexibility index (Phi) is 11.3. The molecule has 0 saturated heterocycles. The molecule has 10 heteroatoms.